The third kappa shape index (κ3) is 1.59. The van der Waals surface area contributed by atoms with Gasteiger partial charge in [0.25, 0.3) is 0 Å². The van der Waals surface area contributed by atoms with Crippen LogP contribution in [0.4, 0.5) is 5.69 Å². The first-order valence-corrected chi connectivity index (χ1v) is 4.36. The van der Waals surface area contributed by atoms with Gasteiger partial charge in [0.05, 0.1) is 6.57 Å². The summed E-state index contributed by atoms with van der Waals surface area (Å²) in [5.74, 6) is 0.502. The zero-order valence-corrected chi connectivity index (χ0v) is 7.27. The lowest BCUT2D eigenvalue weighted by molar-refractivity contribution is 0.781. The molecule has 0 radical (unpaired) electrons. The van der Waals surface area contributed by atoms with Crippen LogP contribution < -0.4 is 0 Å². The molecule has 0 spiro atoms. The van der Waals surface area contributed by atoms with Crippen LogP contribution in [0.2, 0.25) is 0 Å². The van der Waals surface area contributed by atoms with Crippen LogP contribution in [0.1, 0.15) is 17.9 Å². The van der Waals surface area contributed by atoms with Crippen molar-refractivity contribution in [3.63, 3.8) is 0 Å². The quantitative estimate of drug-likeness (QED) is 0.576. The number of aliphatic imine (C=N–C) groups is 1. The number of hydrogen-bond donors (Lipinski definition) is 0. The minimum atomic E-state index is 0.502. The Labute approximate surface area is 77.7 Å². The molecule has 13 heavy (non-hydrogen) atoms. The fourth-order valence-electron chi connectivity index (χ4n) is 1.57. The van der Waals surface area contributed by atoms with E-state index in [0.29, 0.717) is 5.92 Å². The van der Waals surface area contributed by atoms with Gasteiger partial charge < -0.3 is 0 Å². The van der Waals surface area contributed by atoms with E-state index in [2.05, 4.69) is 15.9 Å². The molecule has 0 saturated carbocycles. The summed E-state index contributed by atoms with van der Waals surface area (Å²) in [7, 11) is 0. The van der Waals surface area contributed by atoms with E-state index in [9.17, 15) is 0 Å². The van der Waals surface area contributed by atoms with Gasteiger partial charge in [0.1, 0.15) is 0 Å². The molecule has 0 aliphatic carbocycles. The number of rotatable bonds is 1. The summed E-state index contributed by atoms with van der Waals surface area (Å²) in [5.41, 5.74) is 1.97. The van der Waals surface area contributed by atoms with E-state index in [1.165, 1.54) is 5.56 Å². The van der Waals surface area contributed by atoms with Gasteiger partial charge >= 0.3 is 0 Å². The highest BCUT2D eigenvalue weighted by Gasteiger charge is 2.13. The van der Waals surface area contributed by atoms with E-state index < -0.39 is 0 Å². The fraction of sp³-hybridized carbons (Fsp3) is 0.273. The van der Waals surface area contributed by atoms with Crippen LogP contribution in [0.15, 0.2) is 29.3 Å². The van der Waals surface area contributed by atoms with Gasteiger partial charge in [-0.25, -0.2) is 4.85 Å². The average molecular weight is 170 g/mol. The van der Waals surface area contributed by atoms with Crippen LogP contribution >= 0.6 is 0 Å². The first-order chi connectivity index (χ1) is 6.40. The van der Waals surface area contributed by atoms with Crippen LogP contribution in [0, 0.1) is 6.57 Å². The second-order valence-electron chi connectivity index (χ2n) is 3.19. The maximum absolute atomic E-state index is 6.90. The Morgan fingerprint density at radius 1 is 1.46 bits per heavy atom. The fourth-order valence-corrected chi connectivity index (χ4v) is 1.57. The molecule has 0 aromatic heterocycles. The lowest BCUT2D eigenvalue weighted by Gasteiger charge is -2.07. The van der Waals surface area contributed by atoms with Gasteiger partial charge in [0.2, 0.25) is 0 Å². The van der Waals surface area contributed by atoms with Crippen molar-refractivity contribution < 1.29 is 0 Å². The SMILES string of the molecule is [C-]#[N+]c1cccc(C2CC=NC2)c1. The third-order valence-corrected chi connectivity index (χ3v) is 2.32. The highest BCUT2D eigenvalue weighted by atomic mass is 14.7. The van der Waals surface area contributed by atoms with Gasteiger partial charge in [-0.2, -0.15) is 0 Å². The summed E-state index contributed by atoms with van der Waals surface area (Å²) < 4.78 is 0. The molecule has 1 unspecified atom stereocenters. The lowest BCUT2D eigenvalue weighted by Crippen LogP contribution is -1.96. The molecule has 0 amide bonds. The summed E-state index contributed by atoms with van der Waals surface area (Å²) in [6, 6.07) is 7.83. The molecular weight excluding hydrogens is 160 g/mol. The summed E-state index contributed by atoms with van der Waals surface area (Å²) in [6.07, 6.45) is 2.98. The summed E-state index contributed by atoms with van der Waals surface area (Å²) in [4.78, 5) is 7.61. The van der Waals surface area contributed by atoms with E-state index in [-0.39, 0.29) is 0 Å². The van der Waals surface area contributed by atoms with Crippen molar-refractivity contribution in [1.29, 1.82) is 0 Å². The minimum absolute atomic E-state index is 0.502. The number of benzene rings is 1. The van der Waals surface area contributed by atoms with E-state index in [1.54, 1.807) is 0 Å². The molecule has 2 nitrogen and oxygen atoms in total. The van der Waals surface area contributed by atoms with Crippen molar-refractivity contribution in [3.05, 3.63) is 41.2 Å². The van der Waals surface area contributed by atoms with Gasteiger partial charge in [0, 0.05) is 12.5 Å². The third-order valence-electron chi connectivity index (χ3n) is 2.32. The molecule has 2 rings (SSSR count). The Morgan fingerprint density at radius 2 is 2.38 bits per heavy atom. The van der Waals surface area contributed by atoms with Gasteiger partial charge in [0.15, 0.2) is 5.69 Å². The molecule has 64 valence electrons. The maximum Gasteiger partial charge on any atom is 0.187 e. The Hall–Kier alpha value is -1.62. The monoisotopic (exact) mass is 170 g/mol. The van der Waals surface area contributed by atoms with Crippen molar-refractivity contribution in [1.82, 2.24) is 0 Å². The average Bonchev–Trinajstić information content (AvgIpc) is 2.71. The zero-order valence-electron chi connectivity index (χ0n) is 7.27. The van der Waals surface area contributed by atoms with Gasteiger partial charge in [-0.15, -0.1) is 0 Å². The molecule has 0 N–H and O–H groups in total. The predicted octanol–water partition coefficient (Wildman–Crippen LogP) is 2.80. The normalized spacial score (nSPS) is 20.1. The lowest BCUT2D eigenvalue weighted by atomic mass is 9.98. The molecule has 1 aliphatic heterocycles. The zero-order chi connectivity index (χ0) is 9.10. The summed E-state index contributed by atoms with van der Waals surface area (Å²) in [6.45, 7) is 7.78. The van der Waals surface area contributed by atoms with E-state index in [1.807, 2.05) is 24.4 Å². The molecule has 0 fully saturated rings. The number of hydrogen-bond acceptors (Lipinski definition) is 1. The van der Waals surface area contributed by atoms with Crippen LogP contribution in [-0.2, 0) is 0 Å². The predicted molar refractivity (Wildman–Crippen MR) is 53.4 cm³/mol. The topological polar surface area (TPSA) is 16.7 Å². The standard InChI is InChI=1S/C11H10N2/c1-12-11-4-2-3-9(7-11)10-5-6-13-8-10/h2-4,6-7,10H,5,8H2. The Bertz CT molecular complexity index is 366. The van der Waals surface area contributed by atoms with Crippen molar-refractivity contribution in [3.8, 4) is 0 Å². The van der Waals surface area contributed by atoms with E-state index in [4.69, 9.17) is 6.57 Å². The first kappa shape index (κ1) is 8.00. The molecule has 1 aromatic rings. The second kappa shape index (κ2) is 3.40. The first-order valence-electron chi connectivity index (χ1n) is 4.36. The van der Waals surface area contributed by atoms with Crippen molar-refractivity contribution in [2.24, 2.45) is 4.99 Å². The molecule has 0 saturated heterocycles. The Kier molecular flexibility index (Phi) is 2.09. The van der Waals surface area contributed by atoms with Gasteiger partial charge in [-0.1, -0.05) is 29.8 Å². The van der Waals surface area contributed by atoms with Crippen LogP contribution in [0.5, 0.6) is 0 Å². The van der Waals surface area contributed by atoms with Crippen molar-refractivity contribution in [2.45, 2.75) is 12.3 Å². The molecule has 2 heteroatoms. The van der Waals surface area contributed by atoms with Gasteiger partial charge in [-0.3, -0.25) is 4.99 Å². The minimum Gasteiger partial charge on any atom is -0.297 e. The smallest absolute Gasteiger partial charge is 0.187 e. The Morgan fingerprint density at radius 3 is 3.08 bits per heavy atom. The summed E-state index contributed by atoms with van der Waals surface area (Å²) >= 11 is 0. The van der Waals surface area contributed by atoms with Crippen LogP contribution in [-0.4, -0.2) is 12.8 Å². The molecule has 1 heterocycles. The summed E-state index contributed by atoms with van der Waals surface area (Å²) in [5, 5.41) is 0. The van der Waals surface area contributed by atoms with Crippen molar-refractivity contribution in [2.75, 3.05) is 6.54 Å². The Balaban J connectivity index is 2.26. The largest absolute Gasteiger partial charge is 0.297 e. The molecule has 1 aliphatic rings. The number of nitrogens with zero attached hydrogens (tertiary/aromatic N) is 2. The van der Waals surface area contributed by atoms with Crippen molar-refractivity contribution >= 4 is 11.9 Å². The highest BCUT2D eigenvalue weighted by molar-refractivity contribution is 5.62. The molecule has 1 atom stereocenters. The highest BCUT2D eigenvalue weighted by Crippen LogP contribution is 2.25. The van der Waals surface area contributed by atoms with Gasteiger partial charge in [-0.05, 0) is 12.6 Å². The molecular formula is C11H10N2. The molecule has 1 aromatic carbocycles. The van der Waals surface area contributed by atoms with Crippen LogP contribution in [0.25, 0.3) is 4.85 Å². The maximum atomic E-state index is 6.90. The van der Waals surface area contributed by atoms with E-state index in [0.717, 1.165) is 18.7 Å². The van der Waals surface area contributed by atoms with E-state index >= 15 is 0 Å². The van der Waals surface area contributed by atoms with Crippen LogP contribution in [0.3, 0.4) is 0 Å². The molecule has 0 bridgehead atoms. The second-order valence-corrected chi connectivity index (χ2v) is 3.19.